The van der Waals surface area contributed by atoms with Crippen molar-refractivity contribution in [2.45, 2.75) is 51.5 Å². The van der Waals surface area contributed by atoms with Gasteiger partial charge in [-0.25, -0.2) is 9.97 Å². The van der Waals surface area contributed by atoms with Crippen LogP contribution in [0.2, 0.25) is 0 Å². The fourth-order valence-electron chi connectivity index (χ4n) is 4.26. The molecule has 4 rings (SSSR count). The summed E-state index contributed by atoms with van der Waals surface area (Å²) in [5, 5.41) is 4.12. The molecule has 2 aliphatic heterocycles. The molecule has 1 unspecified atom stereocenters. The van der Waals surface area contributed by atoms with Crippen molar-refractivity contribution in [2.75, 3.05) is 19.6 Å². The smallest absolute Gasteiger partial charge is 0.257 e. The van der Waals surface area contributed by atoms with E-state index in [0.717, 1.165) is 45.2 Å². The highest BCUT2D eigenvalue weighted by atomic mass is 16.2. The van der Waals surface area contributed by atoms with Crippen molar-refractivity contribution in [3.05, 3.63) is 41.2 Å². The van der Waals surface area contributed by atoms with Gasteiger partial charge in [0.2, 0.25) is 0 Å². The van der Waals surface area contributed by atoms with Gasteiger partial charge in [-0.1, -0.05) is 0 Å². The van der Waals surface area contributed by atoms with E-state index in [9.17, 15) is 9.59 Å². The maximum Gasteiger partial charge on any atom is 0.257 e. The van der Waals surface area contributed by atoms with Crippen molar-refractivity contribution in [3.8, 4) is 0 Å². The normalized spacial score (nSPS) is 20.0. The predicted molar refractivity (Wildman–Crippen MR) is 107 cm³/mol. The van der Waals surface area contributed by atoms with Gasteiger partial charge in [0.25, 0.3) is 11.8 Å². The summed E-state index contributed by atoms with van der Waals surface area (Å²) in [6.45, 7) is 4.14. The topological polar surface area (TPSA) is 84.2 Å². The van der Waals surface area contributed by atoms with Crippen LogP contribution in [0.1, 0.15) is 76.8 Å². The first-order valence-electron chi connectivity index (χ1n) is 10.5. The number of nitrogens with zero attached hydrogens (tertiary/aromatic N) is 6. The zero-order chi connectivity index (χ0) is 20.4. The van der Waals surface area contributed by atoms with Crippen LogP contribution in [-0.2, 0) is 7.05 Å². The van der Waals surface area contributed by atoms with Crippen molar-refractivity contribution in [1.29, 1.82) is 0 Å². The lowest BCUT2D eigenvalue weighted by molar-refractivity contribution is 0.0597. The minimum absolute atomic E-state index is 0.0145. The van der Waals surface area contributed by atoms with Gasteiger partial charge in [0.05, 0.1) is 29.1 Å². The van der Waals surface area contributed by atoms with Gasteiger partial charge in [0.1, 0.15) is 0 Å². The van der Waals surface area contributed by atoms with E-state index in [4.69, 9.17) is 0 Å². The molecule has 8 nitrogen and oxygen atoms in total. The summed E-state index contributed by atoms with van der Waals surface area (Å²) in [6.07, 6.45) is 11.1. The highest BCUT2D eigenvalue weighted by Crippen LogP contribution is 2.30. The molecule has 4 heterocycles. The van der Waals surface area contributed by atoms with Gasteiger partial charge in [0.15, 0.2) is 5.82 Å². The molecule has 8 heteroatoms. The Bertz CT molecular complexity index is 902. The van der Waals surface area contributed by atoms with Gasteiger partial charge >= 0.3 is 0 Å². The lowest BCUT2D eigenvalue weighted by atomic mass is 10.00. The molecule has 0 saturated carbocycles. The van der Waals surface area contributed by atoms with E-state index < -0.39 is 0 Å². The molecule has 154 valence electrons. The van der Waals surface area contributed by atoms with Gasteiger partial charge in [-0.3, -0.25) is 14.3 Å². The standard InChI is InChI=1S/C21H28N6O2/c1-15-17(21(29)26-9-5-3-6-10-26)13-22-19(24-15)18-8-4-7-11-27(18)20(28)16-12-23-25(2)14-16/h12-14,18H,3-11H2,1-2H3. The quantitative estimate of drug-likeness (QED) is 0.796. The molecule has 0 aliphatic carbocycles. The Kier molecular flexibility index (Phi) is 5.60. The van der Waals surface area contributed by atoms with Crippen LogP contribution in [0.4, 0.5) is 0 Å². The van der Waals surface area contributed by atoms with E-state index in [-0.39, 0.29) is 17.9 Å². The van der Waals surface area contributed by atoms with Crippen LogP contribution in [0.15, 0.2) is 18.6 Å². The fourth-order valence-corrected chi connectivity index (χ4v) is 4.26. The number of carbonyl (C=O) groups excluding carboxylic acids is 2. The number of hydrogen-bond donors (Lipinski definition) is 0. The molecule has 0 spiro atoms. The first-order valence-corrected chi connectivity index (χ1v) is 10.5. The van der Waals surface area contributed by atoms with Gasteiger partial charge in [-0.05, 0) is 45.4 Å². The number of amides is 2. The summed E-state index contributed by atoms with van der Waals surface area (Å²) in [6, 6.07) is -0.172. The Balaban J connectivity index is 1.56. The van der Waals surface area contributed by atoms with Crippen LogP contribution in [0, 0.1) is 6.92 Å². The number of aromatic nitrogens is 4. The molecule has 2 aromatic rings. The third kappa shape index (κ3) is 4.02. The Morgan fingerprint density at radius 3 is 2.45 bits per heavy atom. The molecule has 2 fully saturated rings. The Labute approximate surface area is 170 Å². The molecular formula is C21H28N6O2. The van der Waals surface area contributed by atoms with E-state index in [1.54, 1.807) is 30.3 Å². The van der Waals surface area contributed by atoms with Crippen LogP contribution >= 0.6 is 0 Å². The Morgan fingerprint density at radius 2 is 1.76 bits per heavy atom. The van der Waals surface area contributed by atoms with E-state index in [1.807, 2.05) is 16.7 Å². The van der Waals surface area contributed by atoms with Crippen LogP contribution in [0.25, 0.3) is 0 Å². The van der Waals surface area contributed by atoms with Gasteiger partial charge in [-0.2, -0.15) is 5.10 Å². The molecule has 2 aliphatic rings. The molecule has 29 heavy (non-hydrogen) atoms. The van der Waals surface area contributed by atoms with Gasteiger partial charge in [-0.15, -0.1) is 0 Å². The molecule has 2 aromatic heterocycles. The average molecular weight is 396 g/mol. The molecule has 0 N–H and O–H groups in total. The highest BCUT2D eigenvalue weighted by molar-refractivity contribution is 5.95. The highest BCUT2D eigenvalue weighted by Gasteiger charge is 2.32. The lowest BCUT2D eigenvalue weighted by Crippen LogP contribution is -2.39. The molecule has 0 aromatic carbocycles. The second-order valence-electron chi connectivity index (χ2n) is 7.99. The number of likely N-dealkylation sites (tertiary alicyclic amines) is 2. The Hall–Kier alpha value is -2.77. The summed E-state index contributed by atoms with van der Waals surface area (Å²) >= 11 is 0. The van der Waals surface area contributed by atoms with E-state index in [0.29, 0.717) is 29.2 Å². The summed E-state index contributed by atoms with van der Waals surface area (Å²) in [5.74, 6) is 0.591. The van der Waals surface area contributed by atoms with Crippen LogP contribution < -0.4 is 0 Å². The van der Waals surface area contributed by atoms with Crippen LogP contribution in [0.3, 0.4) is 0 Å². The Morgan fingerprint density at radius 1 is 1.00 bits per heavy atom. The first-order chi connectivity index (χ1) is 14.0. The predicted octanol–water partition coefficient (Wildman–Crippen LogP) is 2.51. The summed E-state index contributed by atoms with van der Waals surface area (Å²) in [4.78, 5) is 38.8. The van der Waals surface area contributed by atoms with Crippen molar-refractivity contribution >= 4 is 11.8 Å². The van der Waals surface area contributed by atoms with Crippen LogP contribution in [0.5, 0.6) is 0 Å². The molecule has 1 atom stereocenters. The molecule has 0 bridgehead atoms. The third-order valence-electron chi connectivity index (χ3n) is 5.89. The third-order valence-corrected chi connectivity index (χ3v) is 5.89. The second-order valence-corrected chi connectivity index (χ2v) is 7.99. The number of carbonyl (C=O) groups is 2. The van der Waals surface area contributed by atoms with E-state index in [1.165, 1.54) is 6.42 Å². The zero-order valence-electron chi connectivity index (χ0n) is 17.2. The van der Waals surface area contributed by atoms with Crippen molar-refractivity contribution in [1.82, 2.24) is 29.5 Å². The van der Waals surface area contributed by atoms with Crippen molar-refractivity contribution in [2.24, 2.45) is 7.05 Å². The van der Waals surface area contributed by atoms with Crippen molar-refractivity contribution < 1.29 is 9.59 Å². The molecular weight excluding hydrogens is 368 g/mol. The van der Waals surface area contributed by atoms with Gasteiger partial charge < -0.3 is 9.80 Å². The maximum absolute atomic E-state index is 13.0. The summed E-state index contributed by atoms with van der Waals surface area (Å²) < 4.78 is 1.63. The monoisotopic (exact) mass is 396 g/mol. The number of aryl methyl sites for hydroxylation is 2. The average Bonchev–Trinajstić information content (AvgIpc) is 3.19. The number of piperidine rings is 2. The summed E-state index contributed by atoms with van der Waals surface area (Å²) in [5.41, 5.74) is 1.83. The molecule has 0 radical (unpaired) electrons. The van der Waals surface area contributed by atoms with E-state index >= 15 is 0 Å². The minimum Gasteiger partial charge on any atom is -0.339 e. The number of hydrogen-bond acceptors (Lipinski definition) is 5. The lowest BCUT2D eigenvalue weighted by Gasteiger charge is -2.34. The minimum atomic E-state index is -0.172. The fraction of sp³-hybridized carbons (Fsp3) is 0.571. The SMILES string of the molecule is Cc1nc(C2CCCCN2C(=O)c2cnn(C)c2)ncc1C(=O)N1CCCCC1. The summed E-state index contributed by atoms with van der Waals surface area (Å²) in [7, 11) is 1.80. The maximum atomic E-state index is 13.0. The van der Waals surface area contributed by atoms with Crippen LogP contribution in [-0.4, -0.2) is 61.0 Å². The van der Waals surface area contributed by atoms with E-state index in [2.05, 4.69) is 15.1 Å². The van der Waals surface area contributed by atoms with Crippen molar-refractivity contribution in [3.63, 3.8) is 0 Å². The zero-order valence-corrected chi connectivity index (χ0v) is 17.2. The molecule has 2 amide bonds. The first kappa shape index (κ1) is 19.5. The second kappa shape index (κ2) is 8.31. The van der Waals surface area contributed by atoms with Gasteiger partial charge in [0, 0.05) is 39.1 Å². The molecule has 2 saturated heterocycles. The number of rotatable bonds is 3. The largest absolute Gasteiger partial charge is 0.339 e.